The van der Waals surface area contributed by atoms with Crippen LogP contribution in [0.3, 0.4) is 0 Å². The second kappa shape index (κ2) is 6.60. The van der Waals surface area contributed by atoms with Crippen LogP contribution >= 0.6 is 23.2 Å². The molecule has 0 aromatic heterocycles. The van der Waals surface area contributed by atoms with Crippen LogP contribution in [-0.4, -0.2) is 25.0 Å². The predicted molar refractivity (Wildman–Crippen MR) is 79.0 cm³/mol. The Balaban J connectivity index is 1.99. The fourth-order valence-corrected chi connectivity index (χ4v) is 2.92. The van der Waals surface area contributed by atoms with Crippen LogP contribution in [-0.2, 0) is 0 Å². The summed E-state index contributed by atoms with van der Waals surface area (Å²) < 4.78 is 0. The first-order valence-corrected chi connectivity index (χ1v) is 7.29. The zero-order valence-electron chi connectivity index (χ0n) is 10.9. The molecule has 2 rings (SSSR count). The van der Waals surface area contributed by atoms with Gasteiger partial charge in [-0.15, -0.1) is 0 Å². The van der Waals surface area contributed by atoms with Crippen molar-refractivity contribution in [1.29, 1.82) is 0 Å². The SMILES string of the molecule is CC(NC(=O)c1cc(Cl)cc(Cl)c1)C1CCCNC1. The Bertz CT molecular complexity index is 439. The zero-order valence-corrected chi connectivity index (χ0v) is 12.4. The van der Waals surface area contributed by atoms with E-state index in [0.717, 1.165) is 25.9 Å². The van der Waals surface area contributed by atoms with Gasteiger partial charge in [-0.3, -0.25) is 4.79 Å². The summed E-state index contributed by atoms with van der Waals surface area (Å²) in [6.07, 6.45) is 2.30. The van der Waals surface area contributed by atoms with Gasteiger partial charge in [-0.1, -0.05) is 23.2 Å². The molecular weight excluding hydrogens is 283 g/mol. The molecule has 1 aromatic rings. The lowest BCUT2D eigenvalue weighted by molar-refractivity contribution is 0.0922. The first-order chi connectivity index (χ1) is 9.06. The van der Waals surface area contributed by atoms with Crippen LogP contribution in [0.25, 0.3) is 0 Å². The molecule has 2 atom stereocenters. The van der Waals surface area contributed by atoms with Crippen molar-refractivity contribution in [3.05, 3.63) is 33.8 Å². The summed E-state index contributed by atoms with van der Waals surface area (Å²) in [6, 6.07) is 5.02. The average Bonchev–Trinajstić information content (AvgIpc) is 2.38. The largest absolute Gasteiger partial charge is 0.349 e. The van der Waals surface area contributed by atoms with Gasteiger partial charge < -0.3 is 10.6 Å². The molecule has 1 aliphatic heterocycles. The van der Waals surface area contributed by atoms with Crippen molar-refractivity contribution < 1.29 is 4.79 Å². The van der Waals surface area contributed by atoms with Crippen LogP contribution in [0, 0.1) is 5.92 Å². The van der Waals surface area contributed by atoms with E-state index in [0.29, 0.717) is 21.5 Å². The van der Waals surface area contributed by atoms with Gasteiger partial charge in [-0.05, 0) is 57.0 Å². The molecule has 2 N–H and O–H groups in total. The van der Waals surface area contributed by atoms with Gasteiger partial charge in [0.2, 0.25) is 0 Å². The molecule has 1 heterocycles. The summed E-state index contributed by atoms with van der Waals surface area (Å²) in [5, 5.41) is 7.33. The van der Waals surface area contributed by atoms with E-state index in [1.165, 1.54) is 0 Å². The third-order valence-corrected chi connectivity index (χ3v) is 3.96. The number of hydrogen-bond acceptors (Lipinski definition) is 2. The number of benzene rings is 1. The first kappa shape index (κ1) is 14.6. The van der Waals surface area contributed by atoms with Gasteiger partial charge in [-0.25, -0.2) is 0 Å². The molecule has 104 valence electrons. The number of amides is 1. The maximum atomic E-state index is 12.2. The quantitative estimate of drug-likeness (QED) is 0.900. The third kappa shape index (κ3) is 4.10. The molecule has 0 aliphatic carbocycles. The van der Waals surface area contributed by atoms with E-state index in [4.69, 9.17) is 23.2 Å². The molecule has 0 spiro atoms. The number of piperidine rings is 1. The Labute approximate surface area is 123 Å². The Morgan fingerprint density at radius 2 is 2.05 bits per heavy atom. The molecule has 0 radical (unpaired) electrons. The third-order valence-electron chi connectivity index (χ3n) is 3.53. The van der Waals surface area contributed by atoms with Crippen molar-refractivity contribution in [2.45, 2.75) is 25.8 Å². The number of rotatable bonds is 3. The summed E-state index contributed by atoms with van der Waals surface area (Å²) in [4.78, 5) is 12.2. The second-order valence-corrected chi connectivity index (χ2v) is 5.90. The van der Waals surface area contributed by atoms with Crippen molar-refractivity contribution in [1.82, 2.24) is 10.6 Å². The molecule has 1 saturated heterocycles. The van der Waals surface area contributed by atoms with Crippen LogP contribution in [0.4, 0.5) is 0 Å². The number of carbonyl (C=O) groups excluding carboxylic acids is 1. The fraction of sp³-hybridized carbons (Fsp3) is 0.500. The summed E-state index contributed by atoms with van der Waals surface area (Å²) in [5.74, 6) is 0.356. The minimum Gasteiger partial charge on any atom is -0.349 e. The van der Waals surface area contributed by atoms with E-state index in [-0.39, 0.29) is 11.9 Å². The summed E-state index contributed by atoms with van der Waals surface area (Å²) >= 11 is 11.8. The number of carbonyl (C=O) groups is 1. The van der Waals surface area contributed by atoms with E-state index >= 15 is 0 Å². The standard InChI is InChI=1S/C14H18Cl2N2O/c1-9(10-3-2-4-17-8-10)18-14(19)11-5-12(15)7-13(16)6-11/h5-7,9-10,17H,2-4,8H2,1H3,(H,18,19). The monoisotopic (exact) mass is 300 g/mol. The van der Waals surface area contributed by atoms with Gasteiger partial charge in [0, 0.05) is 21.7 Å². The smallest absolute Gasteiger partial charge is 0.251 e. The topological polar surface area (TPSA) is 41.1 Å². The van der Waals surface area contributed by atoms with E-state index in [1.54, 1.807) is 18.2 Å². The summed E-state index contributed by atoms with van der Waals surface area (Å²) in [7, 11) is 0. The number of nitrogens with one attached hydrogen (secondary N) is 2. The molecule has 1 fully saturated rings. The lowest BCUT2D eigenvalue weighted by Gasteiger charge is -2.29. The van der Waals surface area contributed by atoms with Gasteiger partial charge in [0.25, 0.3) is 5.91 Å². The van der Waals surface area contributed by atoms with E-state index in [2.05, 4.69) is 10.6 Å². The van der Waals surface area contributed by atoms with Crippen molar-refractivity contribution in [3.8, 4) is 0 Å². The highest BCUT2D eigenvalue weighted by atomic mass is 35.5. The maximum Gasteiger partial charge on any atom is 0.251 e. The Morgan fingerprint density at radius 3 is 2.63 bits per heavy atom. The molecule has 1 aliphatic rings. The lowest BCUT2D eigenvalue weighted by Crippen LogP contribution is -2.44. The molecule has 2 unspecified atom stereocenters. The van der Waals surface area contributed by atoms with Crippen LogP contribution in [0.15, 0.2) is 18.2 Å². The summed E-state index contributed by atoms with van der Waals surface area (Å²) in [5.41, 5.74) is 0.508. The van der Waals surface area contributed by atoms with Gasteiger partial charge >= 0.3 is 0 Å². The van der Waals surface area contributed by atoms with Crippen molar-refractivity contribution in [2.75, 3.05) is 13.1 Å². The Morgan fingerprint density at radius 1 is 1.37 bits per heavy atom. The summed E-state index contributed by atoms with van der Waals surface area (Å²) in [6.45, 7) is 4.07. The zero-order chi connectivity index (χ0) is 13.8. The number of hydrogen-bond donors (Lipinski definition) is 2. The molecule has 1 aromatic carbocycles. The highest BCUT2D eigenvalue weighted by Gasteiger charge is 2.21. The minimum absolute atomic E-state index is 0.123. The van der Waals surface area contributed by atoms with Crippen LogP contribution < -0.4 is 10.6 Å². The van der Waals surface area contributed by atoms with Crippen molar-refractivity contribution in [2.24, 2.45) is 5.92 Å². The molecule has 1 amide bonds. The number of halogens is 2. The second-order valence-electron chi connectivity index (χ2n) is 5.03. The highest BCUT2D eigenvalue weighted by molar-refractivity contribution is 6.35. The lowest BCUT2D eigenvalue weighted by atomic mass is 9.92. The molecule has 0 saturated carbocycles. The minimum atomic E-state index is -0.123. The predicted octanol–water partition coefficient (Wildman–Crippen LogP) is 3.11. The van der Waals surface area contributed by atoms with Crippen LogP contribution in [0.5, 0.6) is 0 Å². The van der Waals surface area contributed by atoms with Gasteiger partial charge in [-0.2, -0.15) is 0 Å². The van der Waals surface area contributed by atoms with Crippen LogP contribution in [0.2, 0.25) is 10.0 Å². The molecule has 19 heavy (non-hydrogen) atoms. The Kier molecular flexibility index (Phi) is 5.08. The maximum absolute atomic E-state index is 12.2. The molecule has 5 heteroatoms. The van der Waals surface area contributed by atoms with E-state index in [1.807, 2.05) is 6.92 Å². The average molecular weight is 301 g/mol. The first-order valence-electron chi connectivity index (χ1n) is 6.54. The molecular formula is C14H18Cl2N2O. The molecule has 0 bridgehead atoms. The van der Waals surface area contributed by atoms with Gasteiger partial charge in [0.05, 0.1) is 0 Å². The van der Waals surface area contributed by atoms with E-state index < -0.39 is 0 Å². The normalized spacial score (nSPS) is 20.9. The fourth-order valence-electron chi connectivity index (χ4n) is 2.40. The Hall–Kier alpha value is -0.770. The van der Waals surface area contributed by atoms with Gasteiger partial charge in [0.15, 0.2) is 0 Å². The van der Waals surface area contributed by atoms with Gasteiger partial charge in [0.1, 0.15) is 0 Å². The van der Waals surface area contributed by atoms with Crippen LogP contribution in [0.1, 0.15) is 30.1 Å². The highest BCUT2D eigenvalue weighted by Crippen LogP contribution is 2.20. The molecule has 3 nitrogen and oxygen atoms in total. The van der Waals surface area contributed by atoms with Crippen molar-refractivity contribution >= 4 is 29.1 Å². The van der Waals surface area contributed by atoms with Crippen molar-refractivity contribution in [3.63, 3.8) is 0 Å². The van der Waals surface area contributed by atoms with E-state index in [9.17, 15) is 4.79 Å².